The summed E-state index contributed by atoms with van der Waals surface area (Å²) in [6, 6.07) is 53.3. The lowest BCUT2D eigenvalue weighted by atomic mass is 9.98. The Kier molecular flexibility index (Phi) is 11.5. The van der Waals surface area contributed by atoms with E-state index in [4.69, 9.17) is 9.98 Å². The third-order valence-corrected chi connectivity index (χ3v) is 8.20. The molecule has 0 saturated heterocycles. The minimum absolute atomic E-state index is 0.563. The Morgan fingerprint density at radius 2 is 1.24 bits per heavy atom. The van der Waals surface area contributed by atoms with Gasteiger partial charge in [0.2, 0.25) is 0 Å². The van der Waals surface area contributed by atoms with E-state index in [0.29, 0.717) is 6.54 Å². The zero-order chi connectivity index (χ0) is 34.6. The van der Waals surface area contributed by atoms with Crippen molar-refractivity contribution in [2.45, 2.75) is 27.3 Å². The molecule has 7 aromatic rings. The summed E-state index contributed by atoms with van der Waals surface area (Å²) in [7, 11) is 0. The van der Waals surface area contributed by atoms with Crippen molar-refractivity contribution in [3.05, 3.63) is 187 Å². The number of rotatable bonds is 6. The highest BCUT2D eigenvalue weighted by atomic mass is 15.0. The van der Waals surface area contributed by atoms with Gasteiger partial charge in [0, 0.05) is 27.7 Å². The summed E-state index contributed by atoms with van der Waals surface area (Å²) < 4.78 is 2.34. The highest BCUT2D eigenvalue weighted by molar-refractivity contribution is 6.12. The van der Waals surface area contributed by atoms with Crippen LogP contribution in [-0.4, -0.2) is 16.1 Å². The minimum atomic E-state index is 0.563. The summed E-state index contributed by atoms with van der Waals surface area (Å²) >= 11 is 0. The van der Waals surface area contributed by atoms with Gasteiger partial charge in [-0.3, -0.25) is 4.99 Å². The van der Waals surface area contributed by atoms with Crippen LogP contribution in [0.1, 0.15) is 36.1 Å². The van der Waals surface area contributed by atoms with E-state index < -0.39 is 0 Å². The molecule has 0 saturated carbocycles. The van der Waals surface area contributed by atoms with Gasteiger partial charge >= 0.3 is 0 Å². The van der Waals surface area contributed by atoms with Crippen molar-refractivity contribution in [2.24, 2.45) is 9.98 Å². The number of para-hydroxylation sites is 2. The lowest BCUT2D eigenvalue weighted by molar-refractivity contribution is 1.06. The summed E-state index contributed by atoms with van der Waals surface area (Å²) in [5, 5.41) is 2.51. The normalized spacial score (nSPS) is 11.2. The molecule has 0 spiro atoms. The molecule has 0 aliphatic rings. The van der Waals surface area contributed by atoms with E-state index in [-0.39, 0.29) is 0 Å². The van der Waals surface area contributed by atoms with Crippen LogP contribution in [0.15, 0.2) is 175 Å². The predicted molar refractivity (Wildman–Crippen MR) is 212 cm³/mol. The molecular weight excluding hydrogens is 595 g/mol. The Morgan fingerprint density at radius 3 is 1.86 bits per heavy atom. The van der Waals surface area contributed by atoms with Gasteiger partial charge in [-0.15, -0.1) is 25.5 Å². The van der Waals surface area contributed by atoms with Crippen LogP contribution in [0.25, 0.3) is 38.6 Å². The van der Waals surface area contributed by atoms with Crippen molar-refractivity contribution in [2.75, 3.05) is 0 Å². The highest BCUT2D eigenvalue weighted by Gasteiger charge is 2.13. The van der Waals surface area contributed by atoms with Gasteiger partial charge in [0.1, 0.15) is 0 Å². The van der Waals surface area contributed by atoms with Gasteiger partial charge in [0.05, 0.1) is 17.6 Å². The van der Waals surface area contributed by atoms with Crippen LogP contribution in [-0.2, 0) is 6.54 Å². The average molecular weight is 636 g/mol. The summed E-state index contributed by atoms with van der Waals surface area (Å²) in [6.07, 6.45) is 4.60. The first-order valence-corrected chi connectivity index (χ1v) is 16.3. The predicted octanol–water partition coefficient (Wildman–Crippen LogP) is 11.7. The second-order valence-electron chi connectivity index (χ2n) is 11.4. The molecule has 0 N–H and O–H groups in total. The number of hydrogen-bond donors (Lipinski definition) is 0. The Morgan fingerprint density at radius 1 is 0.673 bits per heavy atom. The summed E-state index contributed by atoms with van der Waals surface area (Å²) in [4.78, 5) is 10.2. The highest BCUT2D eigenvalue weighted by Crippen LogP contribution is 2.32. The van der Waals surface area contributed by atoms with Gasteiger partial charge < -0.3 is 4.57 Å². The number of terminal acetylenes is 1. The monoisotopic (exact) mass is 635 g/mol. The third kappa shape index (κ3) is 7.84. The molecule has 49 heavy (non-hydrogen) atoms. The van der Waals surface area contributed by atoms with Gasteiger partial charge in [-0.1, -0.05) is 121 Å². The SMILES string of the molecule is C#CC.C=C.CC(=NC(=NCc1ccccc1)c1ccc(-c2ccccc2)c(C)c1)c1cccc(-n2c3ccccc3c3ccccc32)c1. The molecule has 7 rings (SSSR count). The number of nitrogens with zero attached hydrogens (tertiary/aromatic N) is 3. The zero-order valence-electron chi connectivity index (χ0n) is 28.5. The van der Waals surface area contributed by atoms with Crippen LogP contribution in [0.2, 0.25) is 0 Å². The van der Waals surface area contributed by atoms with E-state index in [1.54, 1.807) is 6.92 Å². The fourth-order valence-corrected chi connectivity index (χ4v) is 5.98. The smallest absolute Gasteiger partial charge is 0.155 e. The van der Waals surface area contributed by atoms with Crippen LogP contribution < -0.4 is 0 Å². The van der Waals surface area contributed by atoms with Crippen LogP contribution in [0.3, 0.4) is 0 Å². The molecule has 1 aromatic heterocycles. The molecule has 3 heteroatoms. The Labute approximate surface area is 290 Å². The molecule has 0 atom stereocenters. The van der Waals surface area contributed by atoms with Crippen LogP contribution >= 0.6 is 0 Å². The lowest BCUT2D eigenvalue weighted by Gasteiger charge is -2.12. The number of aromatic nitrogens is 1. The number of hydrogen-bond acceptors (Lipinski definition) is 1. The largest absolute Gasteiger partial charge is 0.309 e. The maximum atomic E-state index is 5.18. The fourth-order valence-electron chi connectivity index (χ4n) is 5.98. The Bertz CT molecular complexity index is 2210. The quantitative estimate of drug-likeness (QED) is 0.0753. The van der Waals surface area contributed by atoms with Gasteiger partial charge in [-0.2, -0.15) is 0 Å². The minimum Gasteiger partial charge on any atom is -0.309 e. The first-order chi connectivity index (χ1) is 24.1. The van der Waals surface area contributed by atoms with Gasteiger partial charge in [0.25, 0.3) is 0 Å². The molecule has 1 heterocycles. The van der Waals surface area contributed by atoms with Crippen molar-refractivity contribution in [3.8, 4) is 29.2 Å². The van der Waals surface area contributed by atoms with E-state index in [1.807, 2.05) is 6.07 Å². The van der Waals surface area contributed by atoms with E-state index in [0.717, 1.165) is 33.9 Å². The van der Waals surface area contributed by atoms with Crippen LogP contribution in [0, 0.1) is 19.3 Å². The van der Waals surface area contributed by atoms with Gasteiger partial charge in [-0.25, -0.2) is 4.99 Å². The van der Waals surface area contributed by atoms with E-state index in [9.17, 15) is 0 Å². The summed E-state index contributed by atoms with van der Waals surface area (Å²) in [5.41, 5.74) is 11.3. The number of aliphatic imine (C=N–C) groups is 2. The summed E-state index contributed by atoms with van der Waals surface area (Å²) in [5.74, 6) is 2.98. The molecule has 0 aliphatic carbocycles. The topological polar surface area (TPSA) is 29.6 Å². The second-order valence-corrected chi connectivity index (χ2v) is 11.4. The van der Waals surface area contributed by atoms with Crippen molar-refractivity contribution in [1.82, 2.24) is 4.57 Å². The second kappa shape index (κ2) is 16.5. The maximum Gasteiger partial charge on any atom is 0.155 e. The molecule has 0 bridgehead atoms. The first kappa shape index (κ1) is 34.1. The van der Waals surface area contributed by atoms with Gasteiger partial charge in [-0.05, 0) is 78.9 Å². The van der Waals surface area contributed by atoms with Crippen LogP contribution in [0.4, 0.5) is 0 Å². The molecular formula is C46H41N3. The molecule has 0 radical (unpaired) electrons. The molecule has 0 amide bonds. The number of fused-ring (bicyclic) bond motifs is 3. The van der Waals surface area contributed by atoms with E-state index in [2.05, 4.69) is 190 Å². The summed E-state index contributed by atoms with van der Waals surface area (Å²) in [6.45, 7) is 12.5. The molecule has 3 nitrogen and oxygen atoms in total. The molecule has 0 fully saturated rings. The fraction of sp³-hybridized carbons (Fsp3) is 0.0870. The molecule has 0 unspecified atom stereocenters. The maximum absolute atomic E-state index is 5.18. The standard InChI is InChI=1S/C41H33N3.C3H4.C2H4/c1-29-26-34(24-25-36(29)32-16-7-4-8-17-32)41(42-28-31-14-5-3-6-15-31)43-30(2)33-18-13-19-35(27-33)44-39-22-11-9-20-37(39)38-21-10-12-23-40(38)44;1-3-2;1-2/h3-27H,28H2,1-2H3;1H,2H3;1-2H2. The van der Waals surface area contributed by atoms with Gasteiger partial charge in [0.15, 0.2) is 5.84 Å². The molecule has 0 aliphatic heterocycles. The van der Waals surface area contributed by atoms with Crippen molar-refractivity contribution < 1.29 is 0 Å². The first-order valence-electron chi connectivity index (χ1n) is 16.3. The number of benzene rings is 6. The van der Waals surface area contributed by atoms with E-state index >= 15 is 0 Å². The van der Waals surface area contributed by atoms with E-state index in [1.165, 1.54) is 38.5 Å². The third-order valence-electron chi connectivity index (χ3n) is 8.20. The van der Waals surface area contributed by atoms with Crippen molar-refractivity contribution in [3.63, 3.8) is 0 Å². The number of amidine groups is 1. The Balaban J connectivity index is 0.000000889. The molecule has 6 aromatic carbocycles. The number of aryl methyl sites for hydroxylation is 1. The van der Waals surface area contributed by atoms with Crippen LogP contribution in [0.5, 0.6) is 0 Å². The lowest BCUT2D eigenvalue weighted by Crippen LogP contribution is -2.06. The van der Waals surface area contributed by atoms with Crippen molar-refractivity contribution in [1.29, 1.82) is 0 Å². The molecule has 240 valence electrons. The van der Waals surface area contributed by atoms with Crippen molar-refractivity contribution >= 4 is 33.4 Å². The average Bonchev–Trinajstić information content (AvgIpc) is 3.50. The zero-order valence-corrected chi connectivity index (χ0v) is 28.5. The Hall–Kier alpha value is -6.24.